The maximum absolute atomic E-state index is 11.5. The second-order valence-corrected chi connectivity index (χ2v) is 5.68. The van der Waals surface area contributed by atoms with Crippen LogP contribution in [0.4, 0.5) is 4.79 Å². The number of rotatable bonds is 3. The molecule has 0 radical (unpaired) electrons. The van der Waals surface area contributed by atoms with Crippen LogP contribution in [0.2, 0.25) is 0 Å². The van der Waals surface area contributed by atoms with E-state index in [2.05, 4.69) is 16.4 Å². The lowest BCUT2D eigenvalue weighted by Crippen LogP contribution is -2.34. The van der Waals surface area contributed by atoms with Gasteiger partial charge in [0.1, 0.15) is 5.60 Å². The van der Waals surface area contributed by atoms with Gasteiger partial charge in [0.05, 0.1) is 29.0 Å². The van der Waals surface area contributed by atoms with E-state index in [0.717, 1.165) is 11.0 Å². The van der Waals surface area contributed by atoms with Crippen molar-refractivity contribution in [3.63, 3.8) is 0 Å². The highest BCUT2D eigenvalue weighted by atomic mass is 16.6. The average Bonchev–Trinajstić information content (AvgIpc) is 2.79. The van der Waals surface area contributed by atoms with Crippen molar-refractivity contribution in [2.45, 2.75) is 32.9 Å². The second kappa shape index (κ2) is 5.83. The summed E-state index contributed by atoms with van der Waals surface area (Å²) in [7, 11) is 0. The Morgan fingerprint density at radius 2 is 2.24 bits per heavy atom. The van der Waals surface area contributed by atoms with Crippen LogP contribution in [-0.4, -0.2) is 27.8 Å². The third kappa shape index (κ3) is 3.96. The molecule has 0 atom stereocenters. The summed E-state index contributed by atoms with van der Waals surface area (Å²) in [6, 6.07) is 7.44. The lowest BCUT2D eigenvalue weighted by Gasteiger charge is -2.19. The number of nitriles is 1. The lowest BCUT2D eigenvalue weighted by atomic mass is 10.2. The molecule has 1 aromatic carbocycles. The molecule has 0 bridgehead atoms. The molecule has 6 nitrogen and oxygen atoms in total. The number of nitrogens with one attached hydrogen (secondary N) is 1. The Morgan fingerprint density at radius 3 is 2.90 bits per heavy atom. The molecule has 0 aliphatic carbocycles. The van der Waals surface area contributed by atoms with Crippen molar-refractivity contribution in [2.75, 3.05) is 6.54 Å². The molecule has 0 spiro atoms. The van der Waals surface area contributed by atoms with Crippen molar-refractivity contribution in [1.82, 2.24) is 14.9 Å². The fraction of sp³-hybridized carbons (Fsp3) is 0.400. The lowest BCUT2D eigenvalue weighted by molar-refractivity contribution is 0.0526. The van der Waals surface area contributed by atoms with Crippen LogP contribution >= 0.6 is 0 Å². The minimum absolute atomic E-state index is 0.428. The van der Waals surface area contributed by atoms with Crippen LogP contribution in [0, 0.1) is 11.3 Å². The number of alkyl carbamates (subject to hydrolysis) is 1. The van der Waals surface area contributed by atoms with E-state index in [1.54, 1.807) is 18.5 Å². The highest BCUT2D eigenvalue weighted by molar-refractivity contribution is 5.77. The fourth-order valence-corrected chi connectivity index (χ4v) is 1.90. The smallest absolute Gasteiger partial charge is 0.407 e. The van der Waals surface area contributed by atoms with Gasteiger partial charge in [-0.25, -0.2) is 9.78 Å². The summed E-state index contributed by atoms with van der Waals surface area (Å²) in [5, 5.41) is 11.6. The molecule has 2 rings (SSSR count). The zero-order chi connectivity index (χ0) is 15.5. The van der Waals surface area contributed by atoms with Gasteiger partial charge >= 0.3 is 6.09 Å². The Morgan fingerprint density at radius 1 is 1.48 bits per heavy atom. The zero-order valence-electron chi connectivity index (χ0n) is 12.4. The van der Waals surface area contributed by atoms with Gasteiger partial charge in [0.2, 0.25) is 0 Å². The van der Waals surface area contributed by atoms with E-state index < -0.39 is 11.7 Å². The Bertz CT molecular complexity index is 692. The standard InChI is InChI=1S/C15H18N4O2/c1-15(2,3)21-14(20)17-6-7-19-10-18-12-5-4-11(9-16)8-13(12)19/h4-5,8,10H,6-7H2,1-3H3,(H,17,20). The highest BCUT2D eigenvalue weighted by Crippen LogP contribution is 2.14. The predicted octanol–water partition coefficient (Wildman–Crippen LogP) is 2.43. The van der Waals surface area contributed by atoms with Crippen molar-refractivity contribution in [3.05, 3.63) is 30.1 Å². The topological polar surface area (TPSA) is 79.9 Å². The minimum atomic E-state index is -0.506. The highest BCUT2D eigenvalue weighted by Gasteiger charge is 2.15. The number of amides is 1. The molecule has 1 aromatic heterocycles. The molecule has 6 heteroatoms. The van der Waals surface area contributed by atoms with Crippen molar-refractivity contribution < 1.29 is 9.53 Å². The number of aromatic nitrogens is 2. The summed E-state index contributed by atoms with van der Waals surface area (Å²) < 4.78 is 7.06. The SMILES string of the molecule is CC(C)(C)OC(=O)NCCn1cnc2ccc(C#N)cc21. The van der Waals surface area contributed by atoms with Gasteiger partial charge in [-0.1, -0.05) is 0 Å². The first-order valence-corrected chi connectivity index (χ1v) is 6.71. The van der Waals surface area contributed by atoms with Crippen LogP contribution in [0.5, 0.6) is 0 Å². The predicted molar refractivity (Wildman–Crippen MR) is 78.7 cm³/mol. The first kappa shape index (κ1) is 14.9. The Balaban J connectivity index is 1.98. The third-order valence-electron chi connectivity index (χ3n) is 2.77. The van der Waals surface area contributed by atoms with Crippen LogP contribution in [-0.2, 0) is 11.3 Å². The summed E-state index contributed by atoms with van der Waals surface area (Å²) in [6.45, 7) is 6.44. The van der Waals surface area contributed by atoms with E-state index in [1.165, 1.54) is 0 Å². The van der Waals surface area contributed by atoms with Crippen molar-refractivity contribution in [2.24, 2.45) is 0 Å². The van der Waals surface area contributed by atoms with Crippen LogP contribution in [0.3, 0.4) is 0 Å². The van der Waals surface area contributed by atoms with Crippen LogP contribution in [0.25, 0.3) is 11.0 Å². The average molecular weight is 286 g/mol. The number of fused-ring (bicyclic) bond motifs is 1. The van der Waals surface area contributed by atoms with E-state index in [4.69, 9.17) is 10.00 Å². The summed E-state index contributed by atoms with van der Waals surface area (Å²) in [5.74, 6) is 0. The summed E-state index contributed by atoms with van der Waals surface area (Å²) >= 11 is 0. The molecule has 110 valence electrons. The van der Waals surface area contributed by atoms with E-state index >= 15 is 0 Å². The van der Waals surface area contributed by atoms with E-state index in [1.807, 2.05) is 31.4 Å². The maximum atomic E-state index is 11.5. The normalized spacial score (nSPS) is 11.1. The molecule has 0 aliphatic heterocycles. The Kier molecular flexibility index (Phi) is 4.13. The molecule has 0 aliphatic rings. The molecule has 2 aromatic rings. The number of carbonyl (C=O) groups is 1. The number of imidazole rings is 1. The number of nitrogens with zero attached hydrogens (tertiary/aromatic N) is 3. The fourth-order valence-electron chi connectivity index (χ4n) is 1.90. The van der Waals surface area contributed by atoms with E-state index in [9.17, 15) is 4.79 Å². The van der Waals surface area contributed by atoms with Gasteiger partial charge in [0, 0.05) is 13.1 Å². The summed E-state index contributed by atoms with van der Waals surface area (Å²) in [5.41, 5.74) is 1.78. The van der Waals surface area contributed by atoms with Gasteiger partial charge in [0.25, 0.3) is 0 Å². The maximum Gasteiger partial charge on any atom is 0.407 e. The number of benzene rings is 1. The number of hydrogen-bond donors (Lipinski definition) is 1. The van der Waals surface area contributed by atoms with Gasteiger partial charge in [-0.05, 0) is 39.0 Å². The molecule has 0 saturated heterocycles. The molecular weight excluding hydrogens is 268 g/mol. The Hall–Kier alpha value is -2.55. The van der Waals surface area contributed by atoms with Gasteiger partial charge in [0.15, 0.2) is 0 Å². The molecule has 21 heavy (non-hydrogen) atoms. The molecule has 0 fully saturated rings. The largest absolute Gasteiger partial charge is 0.444 e. The van der Waals surface area contributed by atoms with E-state index in [0.29, 0.717) is 18.7 Å². The van der Waals surface area contributed by atoms with Gasteiger partial charge < -0.3 is 14.6 Å². The molecule has 1 heterocycles. The van der Waals surface area contributed by atoms with E-state index in [-0.39, 0.29) is 0 Å². The number of ether oxygens (including phenoxy) is 1. The van der Waals surface area contributed by atoms with Crippen LogP contribution in [0.15, 0.2) is 24.5 Å². The first-order valence-electron chi connectivity index (χ1n) is 6.71. The zero-order valence-corrected chi connectivity index (χ0v) is 12.4. The van der Waals surface area contributed by atoms with Gasteiger partial charge in [-0.2, -0.15) is 5.26 Å². The van der Waals surface area contributed by atoms with Gasteiger partial charge in [-0.3, -0.25) is 0 Å². The quantitative estimate of drug-likeness (QED) is 0.939. The Labute approximate surface area is 123 Å². The minimum Gasteiger partial charge on any atom is -0.444 e. The first-order chi connectivity index (χ1) is 9.89. The molecule has 0 saturated carbocycles. The molecule has 0 unspecified atom stereocenters. The molecular formula is C15H18N4O2. The number of carbonyl (C=O) groups excluding carboxylic acids is 1. The third-order valence-corrected chi connectivity index (χ3v) is 2.77. The number of hydrogen-bond acceptors (Lipinski definition) is 4. The van der Waals surface area contributed by atoms with Gasteiger partial charge in [-0.15, -0.1) is 0 Å². The van der Waals surface area contributed by atoms with Crippen molar-refractivity contribution in [3.8, 4) is 6.07 Å². The molecule has 1 amide bonds. The monoisotopic (exact) mass is 286 g/mol. The van der Waals surface area contributed by atoms with Crippen LogP contribution in [0.1, 0.15) is 26.3 Å². The summed E-state index contributed by atoms with van der Waals surface area (Å²) in [6.07, 6.45) is 1.26. The van der Waals surface area contributed by atoms with Crippen molar-refractivity contribution in [1.29, 1.82) is 5.26 Å². The second-order valence-electron chi connectivity index (χ2n) is 5.68. The van der Waals surface area contributed by atoms with Crippen LogP contribution < -0.4 is 5.32 Å². The summed E-state index contributed by atoms with van der Waals surface area (Å²) in [4.78, 5) is 15.8. The van der Waals surface area contributed by atoms with Crippen molar-refractivity contribution >= 4 is 17.1 Å². The molecule has 1 N–H and O–H groups in total.